The molecule has 1 saturated heterocycles. The molecule has 1 aromatic rings. The molecule has 0 aliphatic carbocycles. The SMILES string of the molecule is COC(=O)[C@H](NC(=O)[C@@H]1CCCN1C(=O)OC(C)(C)c1cc(OC)cc(OC)c1)C(C)C. The zero-order valence-electron chi connectivity index (χ0n) is 19.9. The molecule has 2 rings (SSSR count). The van der Waals surface area contributed by atoms with Gasteiger partial charge in [-0.05, 0) is 44.7 Å². The van der Waals surface area contributed by atoms with Crippen LogP contribution in [0.2, 0.25) is 0 Å². The van der Waals surface area contributed by atoms with Crippen molar-refractivity contribution in [1.82, 2.24) is 10.2 Å². The van der Waals surface area contributed by atoms with Crippen LogP contribution in [0.4, 0.5) is 4.79 Å². The Labute approximate surface area is 189 Å². The number of likely N-dealkylation sites (tertiary alicyclic amines) is 1. The van der Waals surface area contributed by atoms with Gasteiger partial charge in [-0.15, -0.1) is 0 Å². The topological polar surface area (TPSA) is 103 Å². The highest BCUT2D eigenvalue weighted by molar-refractivity contribution is 5.90. The Hall–Kier alpha value is -2.97. The van der Waals surface area contributed by atoms with Gasteiger partial charge >= 0.3 is 12.1 Å². The van der Waals surface area contributed by atoms with Gasteiger partial charge in [-0.1, -0.05) is 13.8 Å². The fraction of sp³-hybridized carbons (Fsp3) is 0.609. The number of carbonyl (C=O) groups is 3. The molecule has 0 spiro atoms. The summed E-state index contributed by atoms with van der Waals surface area (Å²) in [4.78, 5) is 39.3. The number of hydrogen-bond donors (Lipinski definition) is 1. The molecule has 0 unspecified atom stereocenters. The summed E-state index contributed by atoms with van der Waals surface area (Å²) in [6.07, 6.45) is 0.541. The molecule has 1 aliphatic rings. The van der Waals surface area contributed by atoms with E-state index in [0.717, 1.165) is 0 Å². The Bertz CT molecular complexity index is 815. The lowest BCUT2D eigenvalue weighted by Gasteiger charge is -2.31. The minimum absolute atomic E-state index is 0.157. The zero-order chi connectivity index (χ0) is 24.1. The van der Waals surface area contributed by atoms with Crippen LogP contribution in [0.25, 0.3) is 0 Å². The van der Waals surface area contributed by atoms with Gasteiger partial charge in [0.15, 0.2) is 0 Å². The zero-order valence-corrected chi connectivity index (χ0v) is 19.9. The number of nitrogens with zero attached hydrogens (tertiary/aromatic N) is 1. The van der Waals surface area contributed by atoms with Crippen LogP contribution in [0.5, 0.6) is 11.5 Å². The number of nitrogens with one attached hydrogen (secondary N) is 1. The average Bonchev–Trinajstić information content (AvgIpc) is 3.26. The normalized spacial score (nSPS) is 17.0. The monoisotopic (exact) mass is 450 g/mol. The molecular formula is C23H34N2O7. The second-order valence-electron chi connectivity index (χ2n) is 8.58. The maximum atomic E-state index is 13.0. The second-order valence-corrected chi connectivity index (χ2v) is 8.58. The van der Waals surface area contributed by atoms with E-state index in [9.17, 15) is 14.4 Å². The molecule has 9 nitrogen and oxygen atoms in total. The Kier molecular flexibility index (Phi) is 8.35. The van der Waals surface area contributed by atoms with E-state index in [1.54, 1.807) is 46.3 Å². The van der Waals surface area contributed by atoms with E-state index in [1.807, 2.05) is 13.8 Å². The molecule has 0 radical (unpaired) electrons. The molecule has 2 atom stereocenters. The van der Waals surface area contributed by atoms with Gasteiger partial charge in [-0.2, -0.15) is 0 Å². The molecule has 1 N–H and O–H groups in total. The van der Waals surface area contributed by atoms with E-state index >= 15 is 0 Å². The molecule has 1 heterocycles. The van der Waals surface area contributed by atoms with Crippen LogP contribution >= 0.6 is 0 Å². The summed E-state index contributed by atoms with van der Waals surface area (Å²) < 4.78 is 21.2. The van der Waals surface area contributed by atoms with Crippen molar-refractivity contribution in [3.63, 3.8) is 0 Å². The minimum Gasteiger partial charge on any atom is -0.497 e. The van der Waals surface area contributed by atoms with E-state index in [0.29, 0.717) is 36.4 Å². The molecule has 0 aromatic heterocycles. The lowest BCUT2D eigenvalue weighted by molar-refractivity contribution is -0.146. The molecule has 178 valence electrons. The number of rotatable bonds is 8. The van der Waals surface area contributed by atoms with Crippen molar-refractivity contribution in [3.8, 4) is 11.5 Å². The van der Waals surface area contributed by atoms with Crippen molar-refractivity contribution in [3.05, 3.63) is 23.8 Å². The van der Waals surface area contributed by atoms with E-state index in [4.69, 9.17) is 18.9 Å². The van der Waals surface area contributed by atoms with Gasteiger partial charge in [0.05, 0.1) is 21.3 Å². The lowest BCUT2D eigenvalue weighted by atomic mass is 9.97. The van der Waals surface area contributed by atoms with Crippen LogP contribution in [-0.4, -0.2) is 62.8 Å². The summed E-state index contributed by atoms with van der Waals surface area (Å²) in [6.45, 7) is 7.53. The molecular weight excluding hydrogens is 416 g/mol. The molecule has 0 saturated carbocycles. The van der Waals surface area contributed by atoms with Gasteiger partial charge in [-0.25, -0.2) is 9.59 Å². The molecule has 32 heavy (non-hydrogen) atoms. The van der Waals surface area contributed by atoms with Crippen molar-refractivity contribution in [2.45, 2.75) is 58.2 Å². The van der Waals surface area contributed by atoms with Gasteiger partial charge in [0.1, 0.15) is 29.2 Å². The molecule has 1 aromatic carbocycles. The molecule has 1 fully saturated rings. The summed E-state index contributed by atoms with van der Waals surface area (Å²) in [6, 6.07) is 3.77. The number of carbonyl (C=O) groups excluding carboxylic acids is 3. The smallest absolute Gasteiger partial charge is 0.411 e. The van der Waals surface area contributed by atoms with Gasteiger partial charge in [0.25, 0.3) is 0 Å². The number of ether oxygens (including phenoxy) is 4. The number of hydrogen-bond acceptors (Lipinski definition) is 7. The highest BCUT2D eigenvalue weighted by atomic mass is 16.6. The third-order valence-electron chi connectivity index (χ3n) is 5.60. The summed E-state index contributed by atoms with van der Waals surface area (Å²) in [7, 11) is 4.37. The first-order valence-corrected chi connectivity index (χ1v) is 10.7. The second kappa shape index (κ2) is 10.6. The first-order valence-electron chi connectivity index (χ1n) is 10.7. The van der Waals surface area contributed by atoms with Gasteiger partial charge < -0.3 is 24.3 Å². The van der Waals surface area contributed by atoms with E-state index in [1.165, 1.54) is 12.0 Å². The Morgan fingerprint density at radius 1 is 1.06 bits per heavy atom. The minimum atomic E-state index is -1.00. The Morgan fingerprint density at radius 2 is 1.66 bits per heavy atom. The summed E-state index contributed by atoms with van der Waals surface area (Å²) in [5.74, 6) is 0.0713. The number of benzene rings is 1. The van der Waals surface area contributed by atoms with Crippen LogP contribution in [0.15, 0.2) is 18.2 Å². The quantitative estimate of drug-likeness (QED) is 0.608. The Balaban J connectivity index is 2.16. The van der Waals surface area contributed by atoms with Crippen LogP contribution in [0.1, 0.15) is 46.1 Å². The van der Waals surface area contributed by atoms with Crippen molar-refractivity contribution >= 4 is 18.0 Å². The largest absolute Gasteiger partial charge is 0.497 e. The lowest BCUT2D eigenvalue weighted by Crippen LogP contribution is -2.53. The fourth-order valence-electron chi connectivity index (χ4n) is 3.62. The third-order valence-corrected chi connectivity index (χ3v) is 5.60. The highest BCUT2D eigenvalue weighted by Crippen LogP contribution is 2.33. The molecule has 0 bridgehead atoms. The van der Waals surface area contributed by atoms with Gasteiger partial charge in [0, 0.05) is 18.2 Å². The van der Waals surface area contributed by atoms with Gasteiger partial charge in [-0.3, -0.25) is 9.69 Å². The van der Waals surface area contributed by atoms with Crippen molar-refractivity contribution in [1.29, 1.82) is 0 Å². The van der Waals surface area contributed by atoms with Gasteiger partial charge in [0.2, 0.25) is 5.91 Å². The number of methoxy groups -OCH3 is 3. The standard InChI is InChI=1S/C23H34N2O7/c1-14(2)19(21(27)31-7)24-20(26)18-9-8-10-25(18)22(28)32-23(3,4)15-11-16(29-5)13-17(12-15)30-6/h11-14,18-19H,8-10H2,1-7H3,(H,24,26)/t18-,19+/m0/s1. The fourth-order valence-corrected chi connectivity index (χ4v) is 3.62. The molecule has 1 aliphatic heterocycles. The van der Waals surface area contributed by atoms with E-state index < -0.39 is 35.7 Å². The Morgan fingerprint density at radius 3 is 2.16 bits per heavy atom. The summed E-state index contributed by atoms with van der Waals surface area (Å²) in [5, 5.41) is 2.72. The van der Waals surface area contributed by atoms with Crippen LogP contribution in [0, 0.1) is 5.92 Å². The van der Waals surface area contributed by atoms with Crippen LogP contribution in [-0.2, 0) is 24.7 Å². The first-order chi connectivity index (χ1) is 15.0. The van der Waals surface area contributed by atoms with Crippen molar-refractivity contribution in [2.75, 3.05) is 27.9 Å². The summed E-state index contributed by atoms with van der Waals surface area (Å²) in [5.41, 5.74) is -0.317. The van der Waals surface area contributed by atoms with Crippen LogP contribution < -0.4 is 14.8 Å². The number of amides is 2. The molecule has 2 amide bonds. The van der Waals surface area contributed by atoms with E-state index in [2.05, 4.69) is 5.32 Å². The third kappa shape index (κ3) is 5.83. The highest BCUT2D eigenvalue weighted by Gasteiger charge is 2.39. The van der Waals surface area contributed by atoms with Crippen LogP contribution in [0.3, 0.4) is 0 Å². The molecule has 9 heteroatoms. The van der Waals surface area contributed by atoms with E-state index in [-0.39, 0.29) is 5.92 Å². The predicted octanol–water partition coefficient (Wildman–Crippen LogP) is 2.85. The average molecular weight is 451 g/mol. The maximum Gasteiger partial charge on any atom is 0.411 e. The van der Waals surface area contributed by atoms with Crippen molar-refractivity contribution in [2.24, 2.45) is 5.92 Å². The predicted molar refractivity (Wildman–Crippen MR) is 118 cm³/mol. The van der Waals surface area contributed by atoms with Crippen molar-refractivity contribution < 1.29 is 33.3 Å². The maximum absolute atomic E-state index is 13.0. The summed E-state index contributed by atoms with van der Waals surface area (Å²) >= 11 is 0. The first kappa shape index (κ1) is 25.3. The number of esters is 1.